The summed E-state index contributed by atoms with van der Waals surface area (Å²) in [5.74, 6) is 1.93. The monoisotopic (exact) mass is 346 g/mol. The predicted molar refractivity (Wildman–Crippen MR) is 92.9 cm³/mol. The molecular weight excluding hydrogens is 320 g/mol. The van der Waals surface area contributed by atoms with E-state index < -0.39 is 6.10 Å². The van der Waals surface area contributed by atoms with Gasteiger partial charge in [0, 0.05) is 32.2 Å². The Bertz CT molecular complexity index is 617. The van der Waals surface area contributed by atoms with Gasteiger partial charge < -0.3 is 19.1 Å². The van der Waals surface area contributed by atoms with E-state index >= 15 is 0 Å². The Hall–Kier alpha value is -1.79. The molecule has 0 saturated carbocycles. The molecule has 1 aromatic rings. The molecule has 4 rings (SSSR count). The molecule has 3 aliphatic heterocycles. The normalized spacial score (nSPS) is 29.6. The first-order valence-electron chi connectivity index (χ1n) is 9.25. The lowest BCUT2D eigenvalue weighted by molar-refractivity contribution is -0.140. The number of carbonyl (C=O) groups excluding carboxylic acids is 1. The van der Waals surface area contributed by atoms with Crippen molar-refractivity contribution in [3.8, 4) is 11.5 Å². The van der Waals surface area contributed by atoms with Crippen molar-refractivity contribution in [1.82, 2.24) is 9.80 Å². The number of carbonyl (C=O) groups is 1. The van der Waals surface area contributed by atoms with Gasteiger partial charge in [-0.3, -0.25) is 9.69 Å². The summed E-state index contributed by atoms with van der Waals surface area (Å²) in [6.07, 6.45) is 0.535. The maximum absolute atomic E-state index is 13.0. The van der Waals surface area contributed by atoms with Crippen molar-refractivity contribution in [2.45, 2.75) is 25.5 Å². The summed E-state index contributed by atoms with van der Waals surface area (Å²) in [6.45, 7) is 7.57. The molecular formula is C19H26N2O4. The Morgan fingerprint density at radius 3 is 2.68 bits per heavy atom. The van der Waals surface area contributed by atoms with Crippen LogP contribution in [0.15, 0.2) is 24.3 Å². The van der Waals surface area contributed by atoms with E-state index in [-0.39, 0.29) is 12.5 Å². The lowest BCUT2D eigenvalue weighted by Gasteiger charge is -2.34. The minimum absolute atomic E-state index is 0.0451. The number of ether oxygens (including phenoxy) is 3. The number of amides is 1. The summed E-state index contributed by atoms with van der Waals surface area (Å²) in [4.78, 5) is 17.4. The van der Waals surface area contributed by atoms with Crippen molar-refractivity contribution in [3.05, 3.63) is 24.3 Å². The van der Waals surface area contributed by atoms with Crippen molar-refractivity contribution in [2.75, 3.05) is 46.0 Å². The molecule has 1 aromatic carbocycles. The number of para-hydroxylation sites is 2. The van der Waals surface area contributed by atoms with E-state index in [4.69, 9.17) is 14.2 Å². The SMILES string of the molecule is CC[C@@H]1CN(C(=O)[C@H]2COc3ccccc3O2)C[C@H]1N1CCOCC1. The molecule has 3 aliphatic rings. The van der Waals surface area contributed by atoms with Crippen LogP contribution >= 0.6 is 0 Å². The van der Waals surface area contributed by atoms with Crippen molar-refractivity contribution in [3.63, 3.8) is 0 Å². The highest BCUT2D eigenvalue weighted by atomic mass is 16.6. The smallest absolute Gasteiger partial charge is 0.267 e. The Balaban J connectivity index is 1.42. The molecule has 2 saturated heterocycles. The van der Waals surface area contributed by atoms with Crippen LogP contribution in [0.1, 0.15) is 13.3 Å². The molecule has 0 aromatic heterocycles. The van der Waals surface area contributed by atoms with Gasteiger partial charge in [0.15, 0.2) is 11.5 Å². The number of hydrogen-bond donors (Lipinski definition) is 0. The number of likely N-dealkylation sites (tertiary alicyclic amines) is 1. The zero-order chi connectivity index (χ0) is 17.2. The number of rotatable bonds is 3. The maximum atomic E-state index is 13.0. The van der Waals surface area contributed by atoms with Gasteiger partial charge in [-0.1, -0.05) is 25.5 Å². The summed E-state index contributed by atoms with van der Waals surface area (Å²) < 4.78 is 17.1. The van der Waals surface area contributed by atoms with E-state index in [0.29, 0.717) is 23.5 Å². The van der Waals surface area contributed by atoms with E-state index in [0.717, 1.165) is 45.8 Å². The number of morpholine rings is 1. The van der Waals surface area contributed by atoms with Crippen LogP contribution in [0.3, 0.4) is 0 Å². The van der Waals surface area contributed by atoms with E-state index in [1.54, 1.807) is 0 Å². The highest BCUT2D eigenvalue weighted by Crippen LogP contribution is 2.32. The number of nitrogens with zero attached hydrogens (tertiary/aromatic N) is 2. The van der Waals surface area contributed by atoms with E-state index in [1.165, 1.54) is 0 Å². The van der Waals surface area contributed by atoms with Crippen LogP contribution < -0.4 is 9.47 Å². The van der Waals surface area contributed by atoms with Gasteiger partial charge in [0.05, 0.1) is 13.2 Å². The zero-order valence-electron chi connectivity index (χ0n) is 14.7. The molecule has 3 heterocycles. The summed E-state index contributed by atoms with van der Waals surface area (Å²) in [5, 5.41) is 0. The molecule has 0 radical (unpaired) electrons. The topological polar surface area (TPSA) is 51.2 Å². The van der Waals surface area contributed by atoms with Crippen molar-refractivity contribution in [1.29, 1.82) is 0 Å². The molecule has 136 valence electrons. The van der Waals surface area contributed by atoms with Gasteiger partial charge in [0.1, 0.15) is 6.61 Å². The van der Waals surface area contributed by atoms with Crippen molar-refractivity contribution in [2.24, 2.45) is 5.92 Å². The fraction of sp³-hybridized carbons (Fsp3) is 0.632. The minimum Gasteiger partial charge on any atom is -0.485 e. The molecule has 6 heteroatoms. The molecule has 0 spiro atoms. The van der Waals surface area contributed by atoms with E-state index in [9.17, 15) is 4.79 Å². The summed E-state index contributed by atoms with van der Waals surface area (Å²) >= 11 is 0. The molecule has 1 amide bonds. The van der Waals surface area contributed by atoms with Gasteiger partial charge in [-0.15, -0.1) is 0 Å². The molecule has 2 fully saturated rings. The summed E-state index contributed by atoms with van der Waals surface area (Å²) in [5.41, 5.74) is 0. The van der Waals surface area contributed by atoms with Crippen molar-refractivity contribution >= 4 is 5.91 Å². The van der Waals surface area contributed by atoms with Gasteiger partial charge in [0.2, 0.25) is 6.10 Å². The highest BCUT2D eigenvalue weighted by molar-refractivity contribution is 5.82. The number of fused-ring (bicyclic) bond motifs is 1. The highest BCUT2D eigenvalue weighted by Gasteiger charge is 2.41. The first-order chi connectivity index (χ1) is 12.3. The molecule has 0 N–H and O–H groups in total. The van der Waals surface area contributed by atoms with Gasteiger partial charge >= 0.3 is 0 Å². The maximum Gasteiger partial charge on any atom is 0.267 e. The fourth-order valence-corrected chi connectivity index (χ4v) is 4.10. The third-order valence-electron chi connectivity index (χ3n) is 5.54. The van der Waals surface area contributed by atoms with Crippen LogP contribution in [0.25, 0.3) is 0 Å². The molecule has 3 atom stereocenters. The van der Waals surface area contributed by atoms with Crippen LogP contribution in [0, 0.1) is 5.92 Å². The predicted octanol–water partition coefficient (Wildman–Crippen LogP) is 1.40. The minimum atomic E-state index is -0.546. The largest absolute Gasteiger partial charge is 0.485 e. The number of benzene rings is 1. The molecule has 0 bridgehead atoms. The zero-order valence-corrected chi connectivity index (χ0v) is 14.7. The van der Waals surface area contributed by atoms with Crippen LogP contribution in [0.4, 0.5) is 0 Å². The Kier molecular flexibility index (Phi) is 4.81. The first kappa shape index (κ1) is 16.7. The Morgan fingerprint density at radius 2 is 1.92 bits per heavy atom. The molecule has 6 nitrogen and oxygen atoms in total. The quantitative estimate of drug-likeness (QED) is 0.828. The van der Waals surface area contributed by atoms with E-state index in [2.05, 4.69) is 11.8 Å². The summed E-state index contributed by atoms with van der Waals surface area (Å²) in [7, 11) is 0. The second-order valence-corrected chi connectivity index (χ2v) is 6.99. The van der Waals surface area contributed by atoms with E-state index in [1.807, 2.05) is 29.2 Å². The standard InChI is InChI=1S/C19H26N2O4/c1-2-14-11-21(12-15(14)20-7-9-23-10-8-20)19(22)18-13-24-16-5-3-4-6-17(16)25-18/h3-6,14-15,18H,2,7-13H2,1H3/t14-,15-,18-/m1/s1. The van der Waals surface area contributed by atoms with Crippen LogP contribution in [0.5, 0.6) is 11.5 Å². The molecule has 0 unspecified atom stereocenters. The number of hydrogen-bond acceptors (Lipinski definition) is 5. The van der Waals surface area contributed by atoms with Crippen molar-refractivity contribution < 1.29 is 19.0 Å². The van der Waals surface area contributed by atoms with Gasteiger partial charge in [-0.05, 0) is 18.1 Å². The van der Waals surface area contributed by atoms with Gasteiger partial charge in [-0.25, -0.2) is 0 Å². The third-order valence-corrected chi connectivity index (χ3v) is 5.54. The average Bonchev–Trinajstić information content (AvgIpc) is 3.12. The van der Waals surface area contributed by atoms with Gasteiger partial charge in [-0.2, -0.15) is 0 Å². The van der Waals surface area contributed by atoms with Crippen LogP contribution in [-0.4, -0.2) is 73.9 Å². The van der Waals surface area contributed by atoms with Gasteiger partial charge in [0.25, 0.3) is 5.91 Å². The first-order valence-corrected chi connectivity index (χ1v) is 9.25. The second kappa shape index (κ2) is 7.22. The van der Waals surface area contributed by atoms with Crippen LogP contribution in [0.2, 0.25) is 0 Å². The summed E-state index contributed by atoms with van der Waals surface area (Å²) in [6, 6.07) is 7.95. The second-order valence-electron chi connectivity index (χ2n) is 6.99. The average molecular weight is 346 g/mol. The Morgan fingerprint density at radius 1 is 1.16 bits per heavy atom. The fourth-order valence-electron chi connectivity index (χ4n) is 4.10. The lowest BCUT2D eigenvalue weighted by Crippen LogP contribution is -2.49. The lowest BCUT2D eigenvalue weighted by atomic mass is 9.99. The Labute approximate surface area is 148 Å². The molecule has 0 aliphatic carbocycles. The van der Waals surface area contributed by atoms with Crippen LogP contribution in [-0.2, 0) is 9.53 Å². The molecule has 25 heavy (non-hydrogen) atoms. The third kappa shape index (κ3) is 3.33.